The standard InChI is InChI=1S/C16H22FN3O/c1-11(2)19-7-3-4-12(9-19)10-20-15-6-5-13(17)8-14(15)18-16(20)21/h5-6,8,11-12H,3-4,7,9-10H2,1-2H3,(H,18,21). The minimum Gasteiger partial charge on any atom is -0.305 e. The molecule has 114 valence electrons. The van der Waals surface area contributed by atoms with E-state index in [4.69, 9.17) is 0 Å². The fraction of sp³-hybridized carbons (Fsp3) is 0.562. The van der Waals surface area contributed by atoms with E-state index in [1.807, 2.05) is 0 Å². The van der Waals surface area contributed by atoms with Gasteiger partial charge >= 0.3 is 5.69 Å². The molecule has 1 aromatic carbocycles. The molecule has 1 saturated heterocycles. The van der Waals surface area contributed by atoms with Crippen LogP contribution in [-0.2, 0) is 6.54 Å². The molecule has 3 rings (SSSR count). The van der Waals surface area contributed by atoms with Crippen molar-refractivity contribution in [3.63, 3.8) is 0 Å². The van der Waals surface area contributed by atoms with Crippen molar-refractivity contribution in [3.05, 3.63) is 34.5 Å². The Morgan fingerprint density at radius 1 is 1.43 bits per heavy atom. The molecule has 5 heteroatoms. The van der Waals surface area contributed by atoms with Crippen LogP contribution in [0.15, 0.2) is 23.0 Å². The van der Waals surface area contributed by atoms with Gasteiger partial charge in [0.05, 0.1) is 11.0 Å². The summed E-state index contributed by atoms with van der Waals surface area (Å²) < 4.78 is 15.0. The molecule has 0 aliphatic carbocycles. The molecule has 0 bridgehead atoms. The zero-order valence-electron chi connectivity index (χ0n) is 12.6. The Balaban J connectivity index is 1.84. The summed E-state index contributed by atoms with van der Waals surface area (Å²) in [6.07, 6.45) is 2.32. The Kier molecular flexibility index (Phi) is 3.85. The Labute approximate surface area is 123 Å². The van der Waals surface area contributed by atoms with Gasteiger partial charge in [0.1, 0.15) is 5.82 Å². The van der Waals surface area contributed by atoms with Crippen LogP contribution in [0.3, 0.4) is 0 Å². The highest BCUT2D eigenvalue weighted by molar-refractivity contribution is 5.75. The molecule has 1 fully saturated rings. The average Bonchev–Trinajstić information content (AvgIpc) is 2.74. The summed E-state index contributed by atoms with van der Waals surface area (Å²) in [7, 11) is 0. The number of nitrogens with one attached hydrogen (secondary N) is 1. The van der Waals surface area contributed by atoms with Crippen molar-refractivity contribution in [2.24, 2.45) is 5.92 Å². The summed E-state index contributed by atoms with van der Waals surface area (Å²) in [5.41, 5.74) is 1.23. The van der Waals surface area contributed by atoms with Gasteiger partial charge in [0.25, 0.3) is 0 Å². The Morgan fingerprint density at radius 2 is 2.24 bits per heavy atom. The first kappa shape index (κ1) is 14.3. The molecule has 4 nitrogen and oxygen atoms in total. The van der Waals surface area contributed by atoms with Gasteiger partial charge in [-0.3, -0.25) is 4.57 Å². The van der Waals surface area contributed by atoms with E-state index in [0.29, 0.717) is 24.0 Å². The molecule has 21 heavy (non-hydrogen) atoms. The smallest absolute Gasteiger partial charge is 0.305 e. The van der Waals surface area contributed by atoms with Crippen molar-refractivity contribution < 1.29 is 4.39 Å². The number of piperidine rings is 1. The van der Waals surface area contributed by atoms with E-state index in [1.165, 1.54) is 18.6 Å². The van der Waals surface area contributed by atoms with Gasteiger partial charge in [-0.25, -0.2) is 9.18 Å². The van der Waals surface area contributed by atoms with Gasteiger partial charge in [0.2, 0.25) is 0 Å². The summed E-state index contributed by atoms with van der Waals surface area (Å²) in [4.78, 5) is 17.3. The quantitative estimate of drug-likeness (QED) is 0.944. The summed E-state index contributed by atoms with van der Waals surface area (Å²) >= 11 is 0. The van der Waals surface area contributed by atoms with Crippen LogP contribution in [0.5, 0.6) is 0 Å². The van der Waals surface area contributed by atoms with E-state index in [2.05, 4.69) is 23.7 Å². The fourth-order valence-corrected chi connectivity index (χ4v) is 3.29. The second-order valence-electron chi connectivity index (χ2n) is 6.30. The van der Waals surface area contributed by atoms with Crippen molar-refractivity contribution in [2.45, 2.75) is 39.3 Å². The minimum atomic E-state index is -0.320. The lowest BCUT2D eigenvalue weighted by Crippen LogP contribution is -2.41. The number of hydrogen-bond donors (Lipinski definition) is 1. The third-order valence-corrected chi connectivity index (χ3v) is 4.46. The first-order chi connectivity index (χ1) is 10.0. The number of aromatic nitrogens is 2. The van der Waals surface area contributed by atoms with Gasteiger partial charge in [0.15, 0.2) is 0 Å². The predicted octanol–water partition coefficient (Wildman–Crippen LogP) is 2.59. The highest BCUT2D eigenvalue weighted by atomic mass is 19.1. The van der Waals surface area contributed by atoms with Gasteiger partial charge in [-0.1, -0.05) is 0 Å². The SMILES string of the molecule is CC(C)N1CCCC(Cn2c(=O)[nH]c3cc(F)ccc32)C1. The molecule has 0 radical (unpaired) electrons. The third-order valence-electron chi connectivity index (χ3n) is 4.46. The third kappa shape index (κ3) is 2.88. The van der Waals surface area contributed by atoms with Crippen molar-refractivity contribution in [1.29, 1.82) is 0 Å². The number of halogens is 1. The Hall–Kier alpha value is -1.62. The maximum absolute atomic E-state index is 13.2. The van der Waals surface area contributed by atoms with E-state index in [1.54, 1.807) is 10.6 Å². The number of likely N-dealkylation sites (tertiary alicyclic amines) is 1. The highest BCUT2D eigenvalue weighted by Crippen LogP contribution is 2.21. The number of aromatic amines is 1. The minimum absolute atomic E-state index is 0.141. The number of benzene rings is 1. The van der Waals surface area contributed by atoms with Crippen LogP contribution in [0, 0.1) is 11.7 Å². The van der Waals surface area contributed by atoms with E-state index in [-0.39, 0.29) is 11.5 Å². The van der Waals surface area contributed by atoms with Crippen LogP contribution >= 0.6 is 0 Å². The van der Waals surface area contributed by atoms with Crippen molar-refractivity contribution in [2.75, 3.05) is 13.1 Å². The van der Waals surface area contributed by atoms with Crippen LogP contribution in [-0.4, -0.2) is 33.6 Å². The molecule has 0 amide bonds. The average molecular weight is 291 g/mol. The van der Waals surface area contributed by atoms with Gasteiger partial charge in [-0.2, -0.15) is 0 Å². The molecule has 2 heterocycles. The summed E-state index contributed by atoms with van der Waals surface area (Å²) in [5.74, 6) is 0.155. The second-order valence-corrected chi connectivity index (χ2v) is 6.30. The zero-order valence-corrected chi connectivity index (χ0v) is 12.6. The van der Waals surface area contributed by atoms with Gasteiger partial charge in [-0.05, 0) is 57.4 Å². The van der Waals surface area contributed by atoms with Crippen LogP contribution < -0.4 is 5.69 Å². The first-order valence-electron chi connectivity index (χ1n) is 7.66. The predicted molar refractivity (Wildman–Crippen MR) is 81.9 cm³/mol. The van der Waals surface area contributed by atoms with Crippen molar-refractivity contribution in [3.8, 4) is 0 Å². The molecule has 1 aliphatic rings. The molecule has 1 N–H and O–H groups in total. The zero-order chi connectivity index (χ0) is 15.0. The van der Waals surface area contributed by atoms with Crippen LogP contribution in [0.4, 0.5) is 4.39 Å². The summed E-state index contributed by atoms with van der Waals surface area (Å²) in [6.45, 7) is 7.29. The van der Waals surface area contributed by atoms with Gasteiger partial charge in [-0.15, -0.1) is 0 Å². The second kappa shape index (κ2) is 5.64. The number of H-pyrrole nitrogens is 1. The molecular formula is C16H22FN3O. The molecule has 0 saturated carbocycles. The first-order valence-corrected chi connectivity index (χ1v) is 7.66. The number of imidazole rings is 1. The molecule has 2 aromatic rings. The number of nitrogens with zero attached hydrogens (tertiary/aromatic N) is 2. The maximum atomic E-state index is 13.2. The summed E-state index contributed by atoms with van der Waals surface area (Å²) in [5, 5.41) is 0. The lowest BCUT2D eigenvalue weighted by molar-refractivity contribution is 0.131. The van der Waals surface area contributed by atoms with Crippen LogP contribution in [0.2, 0.25) is 0 Å². The lowest BCUT2D eigenvalue weighted by Gasteiger charge is -2.35. The Bertz CT molecular complexity index is 688. The van der Waals surface area contributed by atoms with Gasteiger partial charge < -0.3 is 9.88 Å². The Morgan fingerprint density at radius 3 is 3.00 bits per heavy atom. The van der Waals surface area contributed by atoms with E-state index in [9.17, 15) is 9.18 Å². The van der Waals surface area contributed by atoms with E-state index < -0.39 is 0 Å². The number of rotatable bonds is 3. The largest absolute Gasteiger partial charge is 0.326 e. The van der Waals surface area contributed by atoms with E-state index >= 15 is 0 Å². The molecule has 1 aromatic heterocycles. The number of hydrogen-bond acceptors (Lipinski definition) is 2. The van der Waals surface area contributed by atoms with Crippen LogP contribution in [0.25, 0.3) is 11.0 Å². The van der Waals surface area contributed by atoms with Crippen molar-refractivity contribution >= 4 is 11.0 Å². The van der Waals surface area contributed by atoms with E-state index in [0.717, 1.165) is 25.0 Å². The number of fused-ring (bicyclic) bond motifs is 1. The van der Waals surface area contributed by atoms with Gasteiger partial charge in [0, 0.05) is 19.1 Å². The molecule has 1 aliphatic heterocycles. The molecule has 1 atom stereocenters. The topological polar surface area (TPSA) is 41.0 Å². The van der Waals surface area contributed by atoms with Crippen molar-refractivity contribution in [1.82, 2.24) is 14.5 Å². The summed E-state index contributed by atoms with van der Waals surface area (Å²) in [6, 6.07) is 5.02. The monoisotopic (exact) mass is 291 g/mol. The van der Waals surface area contributed by atoms with Crippen LogP contribution in [0.1, 0.15) is 26.7 Å². The maximum Gasteiger partial charge on any atom is 0.326 e. The molecular weight excluding hydrogens is 269 g/mol. The lowest BCUT2D eigenvalue weighted by atomic mass is 9.97. The molecule has 1 unspecified atom stereocenters. The molecule has 0 spiro atoms. The fourth-order valence-electron chi connectivity index (χ4n) is 3.29. The normalized spacial score (nSPS) is 20.5. The highest BCUT2D eigenvalue weighted by Gasteiger charge is 2.23.